The van der Waals surface area contributed by atoms with E-state index in [1.54, 1.807) is 72.9 Å². The Hall–Kier alpha value is -3.81. The molecule has 0 aliphatic rings. The Bertz CT molecular complexity index is 1240. The highest BCUT2D eigenvalue weighted by molar-refractivity contribution is 6.42. The van der Waals surface area contributed by atoms with Crippen LogP contribution in [-0.4, -0.2) is 21.8 Å². The van der Waals surface area contributed by atoms with Gasteiger partial charge in [0.2, 0.25) is 5.78 Å². The Morgan fingerprint density at radius 1 is 0.812 bits per heavy atom. The monoisotopic (exact) mass is 466 g/mol. The number of halogens is 2. The first-order valence-corrected chi connectivity index (χ1v) is 10.2. The van der Waals surface area contributed by atoms with E-state index in [-0.39, 0.29) is 11.6 Å². The molecule has 9 heteroatoms. The van der Waals surface area contributed by atoms with Gasteiger partial charge in [-0.05, 0) is 66.7 Å². The molecule has 0 saturated heterocycles. The molecule has 2 amide bonds. The highest BCUT2D eigenvalue weighted by Gasteiger charge is 2.11. The van der Waals surface area contributed by atoms with Crippen molar-refractivity contribution in [2.24, 2.45) is 0 Å². The van der Waals surface area contributed by atoms with Gasteiger partial charge in [0.25, 0.3) is 0 Å². The van der Waals surface area contributed by atoms with E-state index in [1.807, 2.05) is 0 Å². The van der Waals surface area contributed by atoms with Crippen LogP contribution in [0.3, 0.4) is 0 Å². The van der Waals surface area contributed by atoms with E-state index in [2.05, 4.69) is 20.6 Å². The van der Waals surface area contributed by atoms with Crippen molar-refractivity contribution in [1.82, 2.24) is 9.97 Å². The van der Waals surface area contributed by atoms with Crippen LogP contribution < -0.4 is 15.4 Å². The van der Waals surface area contributed by atoms with Crippen molar-refractivity contribution in [3.8, 4) is 11.5 Å². The molecule has 4 rings (SSSR count). The van der Waals surface area contributed by atoms with Crippen LogP contribution in [0.2, 0.25) is 10.0 Å². The molecule has 1 aromatic heterocycles. The van der Waals surface area contributed by atoms with E-state index in [9.17, 15) is 9.59 Å². The van der Waals surface area contributed by atoms with Gasteiger partial charge in [-0.3, -0.25) is 4.79 Å². The first-order valence-electron chi connectivity index (χ1n) is 9.43. The average molecular weight is 467 g/mol. The maximum atomic E-state index is 12.3. The largest absolute Gasteiger partial charge is 0.457 e. The number of anilines is 2. The number of hydrogen-bond donors (Lipinski definition) is 3. The van der Waals surface area contributed by atoms with E-state index in [0.29, 0.717) is 38.5 Å². The van der Waals surface area contributed by atoms with Crippen LogP contribution >= 0.6 is 23.2 Å². The summed E-state index contributed by atoms with van der Waals surface area (Å²) in [5, 5.41) is 6.16. The molecule has 32 heavy (non-hydrogen) atoms. The zero-order valence-electron chi connectivity index (χ0n) is 16.4. The maximum Gasteiger partial charge on any atom is 0.323 e. The normalized spacial score (nSPS) is 10.4. The summed E-state index contributed by atoms with van der Waals surface area (Å²) in [4.78, 5) is 31.2. The lowest BCUT2D eigenvalue weighted by Gasteiger charge is -2.10. The molecule has 160 valence electrons. The number of nitrogens with zero attached hydrogens (tertiary/aromatic N) is 1. The van der Waals surface area contributed by atoms with Gasteiger partial charge in [0.05, 0.1) is 10.0 Å². The molecule has 7 nitrogen and oxygen atoms in total. The van der Waals surface area contributed by atoms with Gasteiger partial charge in [-0.25, -0.2) is 9.78 Å². The highest BCUT2D eigenvalue weighted by atomic mass is 35.5. The van der Waals surface area contributed by atoms with Crippen LogP contribution in [0.25, 0.3) is 0 Å². The second-order valence-electron chi connectivity index (χ2n) is 6.63. The van der Waals surface area contributed by atoms with Gasteiger partial charge in [-0.1, -0.05) is 23.2 Å². The summed E-state index contributed by atoms with van der Waals surface area (Å²) in [5.41, 5.74) is 1.60. The molecule has 0 radical (unpaired) electrons. The van der Waals surface area contributed by atoms with Crippen LogP contribution in [0, 0.1) is 0 Å². The molecular weight excluding hydrogens is 451 g/mol. The Kier molecular flexibility index (Phi) is 6.39. The van der Waals surface area contributed by atoms with Gasteiger partial charge in [0.1, 0.15) is 11.5 Å². The molecule has 0 aliphatic heterocycles. The lowest BCUT2D eigenvalue weighted by molar-refractivity contribution is 0.103. The number of amides is 2. The van der Waals surface area contributed by atoms with Gasteiger partial charge in [-0.15, -0.1) is 0 Å². The van der Waals surface area contributed by atoms with Crippen molar-refractivity contribution in [2.45, 2.75) is 0 Å². The van der Waals surface area contributed by atoms with Crippen LogP contribution in [0.15, 0.2) is 79.1 Å². The molecule has 0 fully saturated rings. The summed E-state index contributed by atoms with van der Waals surface area (Å²) in [6.45, 7) is 0. The molecule has 3 N–H and O–H groups in total. The molecular formula is C23H16Cl2N4O3. The average Bonchev–Trinajstić information content (AvgIpc) is 3.33. The van der Waals surface area contributed by atoms with Crippen LogP contribution in [0.5, 0.6) is 11.5 Å². The van der Waals surface area contributed by atoms with Crippen molar-refractivity contribution >= 4 is 46.4 Å². The molecule has 0 saturated carbocycles. The van der Waals surface area contributed by atoms with Crippen LogP contribution in [0.4, 0.5) is 16.2 Å². The first-order chi connectivity index (χ1) is 15.5. The van der Waals surface area contributed by atoms with E-state index in [4.69, 9.17) is 27.9 Å². The number of urea groups is 1. The Labute approximate surface area is 193 Å². The molecule has 3 aromatic carbocycles. The van der Waals surface area contributed by atoms with Crippen LogP contribution in [0.1, 0.15) is 16.2 Å². The lowest BCUT2D eigenvalue weighted by atomic mass is 10.1. The minimum absolute atomic E-state index is 0.198. The van der Waals surface area contributed by atoms with E-state index in [1.165, 1.54) is 6.20 Å². The summed E-state index contributed by atoms with van der Waals surface area (Å²) in [6.07, 6.45) is 3.13. The predicted octanol–water partition coefficient (Wildman–Crippen LogP) is 6.38. The van der Waals surface area contributed by atoms with E-state index < -0.39 is 6.03 Å². The molecule has 0 spiro atoms. The van der Waals surface area contributed by atoms with Crippen molar-refractivity contribution in [3.05, 3.63) is 101 Å². The maximum absolute atomic E-state index is 12.3. The lowest BCUT2D eigenvalue weighted by Crippen LogP contribution is -2.19. The zero-order valence-corrected chi connectivity index (χ0v) is 17.9. The highest BCUT2D eigenvalue weighted by Crippen LogP contribution is 2.26. The smallest absolute Gasteiger partial charge is 0.323 e. The van der Waals surface area contributed by atoms with Gasteiger partial charge < -0.3 is 20.4 Å². The molecule has 4 aromatic rings. The number of nitrogens with one attached hydrogen (secondary N) is 3. The van der Waals surface area contributed by atoms with Crippen LogP contribution in [-0.2, 0) is 0 Å². The number of imidazole rings is 1. The van der Waals surface area contributed by atoms with Crippen molar-refractivity contribution in [2.75, 3.05) is 10.6 Å². The fraction of sp³-hybridized carbons (Fsp3) is 0. The number of ketones is 1. The second kappa shape index (κ2) is 9.55. The Balaban J connectivity index is 1.33. The minimum Gasteiger partial charge on any atom is -0.457 e. The van der Waals surface area contributed by atoms with Gasteiger partial charge in [0.15, 0.2) is 5.82 Å². The van der Waals surface area contributed by atoms with Gasteiger partial charge >= 0.3 is 6.03 Å². The first kappa shape index (κ1) is 21.4. The number of aromatic nitrogens is 2. The van der Waals surface area contributed by atoms with Gasteiger partial charge in [0, 0.05) is 29.3 Å². The Morgan fingerprint density at radius 2 is 1.44 bits per heavy atom. The summed E-state index contributed by atoms with van der Waals surface area (Å²) < 4.78 is 5.79. The predicted molar refractivity (Wildman–Crippen MR) is 124 cm³/mol. The summed E-state index contributed by atoms with van der Waals surface area (Å²) >= 11 is 11.8. The third-order valence-electron chi connectivity index (χ3n) is 4.36. The number of carbonyl (C=O) groups is 2. The fourth-order valence-electron chi connectivity index (χ4n) is 2.81. The number of benzene rings is 3. The number of hydrogen-bond acceptors (Lipinski definition) is 4. The van der Waals surface area contributed by atoms with Crippen molar-refractivity contribution < 1.29 is 14.3 Å². The summed E-state index contributed by atoms with van der Waals surface area (Å²) in [5.74, 6) is 1.23. The van der Waals surface area contributed by atoms with Gasteiger partial charge in [-0.2, -0.15) is 0 Å². The third kappa shape index (κ3) is 5.26. The molecule has 1 heterocycles. The van der Waals surface area contributed by atoms with Crippen molar-refractivity contribution in [1.29, 1.82) is 0 Å². The summed E-state index contributed by atoms with van der Waals surface area (Å²) in [7, 11) is 0. The number of rotatable bonds is 6. The number of H-pyrrole nitrogens is 1. The topological polar surface area (TPSA) is 96.1 Å². The minimum atomic E-state index is -0.422. The van der Waals surface area contributed by atoms with E-state index in [0.717, 1.165) is 0 Å². The van der Waals surface area contributed by atoms with E-state index >= 15 is 0 Å². The fourth-order valence-corrected chi connectivity index (χ4v) is 3.11. The zero-order chi connectivity index (χ0) is 22.5. The Morgan fingerprint density at radius 3 is 2.06 bits per heavy atom. The number of carbonyl (C=O) groups excluding carboxylic acids is 2. The molecule has 0 aliphatic carbocycles. The molecule has 0 atom stereocenters. The SMILES string of the molecule is O=C(Nc1ccc(Oc2ccc(C(=O)c3ncc[nH]3)cc2)cc1)Nc1ccc(Cl)c(Cl)c1. The molecule has 0 unspecified atom stereocenters. The summed E-state index contributed by atoms with van der Waals surface area (Å²) in [6, 6.07) is 18.0. The number of ether oxygens (including phenoxy) is 1. The third-order valence-corrected chi connectivity index (χ3v) is 5.09. The second-order valence-corrected chi connectivity index (χ2v) is 7.44. The van der Waals surface area contributed by atoms with Crippen molar-refractivity contribution in [3.63, 3.8) is 0 Å². The molecule has 0 bridgehead atoms. The standard InChI is InChI=1S/C23H16Cl2N4O3/c24-19-10-5-16(13-20(19)25)29-23(31)28-15-3-8-18(9-4-15)32-17-6-1-14(2-7-17)21(30)22-26-11-12-27-22/h1-13H,(H,26,27)(H2,28,29,31). The quantitative estimate of drug-likeness (QED) is 0.287. The number of aromatic amines is 1.